The second kappa shape index (κ2) is 24.4. The van der Waals surface area contributed by atoms with E-state index < -0.39 is 191 Å². The highest BCUT2D eigenvalue weighted by molar-refractivity contribution is 5.87. The van der Waals surface area contributed by atoms with E-state index in [1.165, 1.54) is 6.92 Å². The van der Waals surface area contributed by atoms with Crippen LogP contribution in [0.25, 0.3) is 0 Å². The van der Waals surface area contributed by atoms with Crippen LogP contribution in [0, 0.1) is 52.3 Å². The molecule has 7 heterocycles. The van der Waals surface area contributed by atoms with E-state index in [4.69, 9.17) is 56.8 Å². The normalized spacial score (nSPS) is 57.4. The number of hydrogen-bond acceptors (Lipinski definition) is 27. The van der Waals surface area contributed by atoms with E-state index in [2.05, 4.69) is 27.7 Å². The Morgan fingerprint density at radius 3 is 1.71 bits per heavy atom. The number of Topliss-reactive ketones (excluding diaryl/α,β-unsaturated/α-hetero) is 1. The second-order valence-electron chi connectivity index (χ2n) is 26.6. The molecule has 0 aromatic carbocycles. The number of fused-ring (bicyclic) bond motifs is 7. The molecule has 11 rings (SSSR count). The van der Waals surface area contributed by atoms with Crippen LogP contribution in [0.5, 0.6) is 0 Å². The average molecular weight is 1200 g/mol. The van der Waals surface area contributed by atoms with Crippen molar-refractivity contribution in [2.45, 2.75) is 264 Å². The first-order chi connectivity index (χ1) is 39.4. The monoisotopic (exact) mass is 1190 g/mol. The van der Waals surface area contributed by atoms with E-state index in [0.717, 1.165) is 38.5 Å². The van der Waals surface area contributed by atoms with Crippen LogP contribution in [-0.4, -0.2) is 269 Å². The molecule has 11 fully saturated rings. The zero-order valence-corrected chi connectivity index (χ0v) is 47.5. The molecule has 0 radical (unpaired) electrons. The third kappa shape index (κ3) is 11.0. The lowest BCUT2D eigenvalue weighted by Gasteiger charge is -2.60. The van der Waals surface area contributed by atoms with Crippen molar-refractivity contribution >= 4 is 5.78 Å². The van der Waals surface area contributed by atoms with E-state index >= 15 is 0 Å². The van der Waals surface area contributed by atoms with Gasteiger partial charge in [-0.2, -0.15) is 0 Å². The van der Waals surface area contributed by atoms with Gasteiger partial charge >= 0.3 is 0 Å². The smallest absolute Gasteiger partial charge is 0.187 e. The lowest BCUT2D eigenvalue weighted by molar-refractivity contribution is -0.407. The minimum atomic E-state index is -2.09. The predicted octanol–water partition coefficient (Wildman–Crippen LogP) is -3.89. The molecular formula is C56H90O27. The molecule has 27 heteroatoms. The van der Waals surface area contributed by atoms with Crippen molar-refractivity contribution in [2.75, 3.05) is 26.4 Å². The minimum absolute atomic E-state index is 0.0160. The van der Waals surface area contributed by atoms with Crippen LogP contribution in [-0.2, 0) is 61.6 Å². The summed E-state index contributed by atoms with van der Waals surface area (Å²) in [4.78, 5) is 14.7. The van der Waals surface area contributed by atoms with E-state index in [0.29, 0.717) is 43.5 Å². The summed E-state index contributed by atoms with van der Waals surface area (Å²) in [6.07, 6.45) is -35.5. The van der Waals surface area contributed by atoms with Crippen molar-refractivity contribution in [1.82, 2.24) is 0 Å². The zero-order valence-electron chi connectivity index (χ0n) is 47.5. The predicted molar refractivity (Wildman–Crippen MR) is 274 cm³/mol. The number of aliphatic hydroxyl groups is 14. The van der Waals surface area contributed by atoms with Crippen molar-refractivity contribution in [3.63, 3.8) is 0 Å². The molecule has 0 aromatic rings. The fourth-order valence-corrected chi connectivity index (χ4v) is 17.0. The van der Waals surface area contributed by atoms with Gasteiger partial charge in [0.15, 0.2) is 43.5 Å². The van der Waals surface area contributed by atoms with Gasteiger partial charge in [-0.05, 0) is 86.9 Å². The highest BCUT2D eigenvalue weighted by Gasteiger charge is 2.72. The highest BCUT2D eigenvalue weighted by Crippen LogP contribution is 2.70. The standard InChI is InChI=1S/C56H90O27/c1-20-8-11-56(72-19-20)21(2)35-30(83-56)13-27-25-7-6-23-12-24(9-10-54(23,4)26(25)14-34(62)55(27,35)5)74-51-41(68)38(65)44(31(16-57)75-51)78-52-42(69)39(66)45(32(17-58)76-52)80-53-47(81-49-29(61)15-28(60)48(71)82-49)43(70)46(33(18-59)77-53)79-50-40(67)37(64)36(63)22(3)73-50/h20-33,35-53,57-61,63-71H,6-19H2,1-5H3. The van der Waals surface area contributed by atoms with Crippen LogP contribution in [0.15, 0.2) is 0 Å². The van der Waals surface area contributed by atoms with Gasteiger partial charge in [0.2, 0.25) is 0 Å². The van der Waals surface area contributed by atoms with Crippen LogP contribution in [0.3, 0.4) is 0 Å². The largest absolute Gasteiger partial charge is 0.394 e. The number of ketones is 1. The fourth-order valence-electron chi connectivity index (χ4n) is 17.0. The first kappa shape index (κ1) is 63.2. The first-order valence-corrected chi connectivity index (χ1v) is 30.1. The molecule has 11 aliphatic rings. The summed E-state index contributed by atoms with van der Waals surface area (Å²) >= 11 is 0. The van der Waals surface area contributed by atoms with Gasteiger partial charge < -0.3 is 128 Å². The molecule has 27 nitrogen and oxygen atoms in total. The lowest BCUT2D eigenvalue weighted by Crippen LogP contribution is -2.68. The van der Waals surface area contributed by atoms with Gasteiger partial charge in [-0.1, -0.05) is 27.7 Å². The maximum atomic E-state index is 14.7. The van der Waals surface area contributed by atoms with Crippen molar-refractivity contribution in [3.05, 3.63) is 0 Å². The van der Waals surface area contributed by atoms with Gasteiger partial charge in [-0.25, -0.2) is 0 Å². The zero-order chi connectivity index (χ0) is 59.5. The molecule has 0 amide bonds. The van der Waals surface area contributed by atoms with Gasteiger partial charge in [0.1, 0.15) is 110 Å². The molecule has 4 aliphatic carbocycles. The number of hydrogen-bond donors (Lipinski definition) is 14. The molecule has 7 saturated heterocycles. The van der Waals surface area contributed by atoms with Gasteiger partial charge in [0.05, 0.1) is 44.7 Å². The maximum Gasteiger partial charge on any atom is 0.187 e. The van der Waals surface area contributed by atoms with E-state index in [9.17, 15) is 76.3 Å². The van der Waals surface area contributed by atoms with Crippen LogP contribution in [0.1, 0.15) is 98.8 Å². The van der Waals surface area contributed by atoms with Crippen LogP contribution < -0.4 is 0 Å². The Bertz CT molecular complexity index is 2210. The SMILES string of the molecule is CC1CCC2(OC1)OC1CC3C4CCC5CC(OC6OC(CO)C(OC7OC(CO)C(OC8OC(CO)C(OC9OC(C)C(O)C(O)C9O)C(O)C8OC8OC(O)C(O)CC8O)C(O)C7O)C(O)C6O)CCC5(C)C4CC(=O)C3(C)C1C2C. The summed E-state index contributed by atoms with van der Waals surface area (Å²) < 4.78 is 72.4. The Morgan fingerprint density at radius 2 is 1.10 bits per heavy atom. The van der Waals surface area contributed by atoms with Crippen molar-refractivity contribution in [1.29, 1.82) is 0 Å². The number of carbonyl (C=O) groups excluding carboxylic acids is 1. The molecule has 476 valence electrons. The summed E-state index contributed by atoms with van der Waals surface area (Å²) in [5, 5.41) is 153. The van der Waals surface area contributed by atoms with Gasteiger partial charge in [0.25, 0.3) is 0 Å². The molecule has 1 spiro atoms. The fraction of sp³-hybridized carbons (Fsp3) is 0.982. The molecule has 83 heavy (non-hydrogen) atoms. The number of rotatable bonds is 13. The van der Waals surface area contributed by atoms with Crippen LogP contribution >= 0.6 is 0 Å². The Hall–Kier alpha value is -1.37. The maximum absolute atomic E-state index is 14.7. The van der Waals surface area contributed by atoms with E-state index in [-0.39, 0.29) is 41.1 Å². The summed E-state index contributed by atoms with van der Waals surface area (Å²) in [5.41, 5.74) is -0.632. The molecule has 36 atom stereocenters. The third-order valence-corrected chi connectivity index (χ3v) is 21.9. The summed E-state index contributed by atoms with van der Waals surface area (Å²) in [6, 6.07) is 0. The Balaban J connectivity index is 0.722. The average Bonchev–Trinajstić information content (AvgIpc) is 1.82. The quantitative estimate of drug-likeness (QED) is 0.0784. The topological polar surface area (TPSA) is 411 Å². The van der Waals surface area contributed by atoms with Crippen LogP contribution in [0.4, 0.5) is 0 Å². The number of carbonyl (C=O) groups is 1. The van der Waals surface area contributed by atoms with E-state index in [1.807, 2.05) is 0 Å². The first-order valence-electron chi connectivity index (χ1n) is 30.1. The molecule has 36 unspecified atom stereocenters. The van der Waals surface area contributed by atoms with Crippen LogP contribution in [0.2, 0.25) is 0 Å². The molecule has 14 N–H and O–H groups in total. The summed E-state index contributed by atoms with van der Waals surface area (Å²) in [7, 11) is 0. The van der Waals surface area contributed by atoms with E-state index in [1.54, 1.807) is 0 Å². The number of ether oxygens (including phenoxy) is 12. The molecule has 0 aromatic heterocycles. The molecule has 0 bridgehead atoms. The second-order valence-corrected chi connectivity index (χ2v) is 26.6. The van der Waals surface area contributed by atoms with Crippen molar-refractivity contribution in [2.24, 2.45) is 52.3 Å². The highest BCUT2D eigenvalue weighted by atomic mass is 16.8. The molecular weight excluding hydrogens is 1100 g/mol. The molecule has 4 saturated carbocycles. The van der Waals surface area contributed by atoms with Gasteiger partial charge in [-0.3, -0.25) is 4.79 Å². The van der Waals surface area contributed by atoms with Crippen molar-refractivity contribution < 1.29 is 133 Å². The Kier molecular flexibility index (Phi) is 18.6. The minimum Gasteiger partial charge on any atom is -0.394 e. The van der Waals surface area contributed by atoms with Gasteiger partial charge in [-0.15, -0.1) is 0 Å². The lowest BCUT2D eigenvalue weighted by atomic mass is 9.44. The number of aliphatic hydroxyl groups excluding tert-OH is 14. The molecule has 7 aliphatic heterocycles. The Labute approximate surface area is 480 Å². The van der Waals surface area contributed by atoms with Gasteiger partial charge in [0, 0.05) is 36.5 Å². The third-order valence-electron chi connectivity index (χ3n) is 21.9. The summed E-state index contributed by atoms with van der Waals surface area (Å²) in [5.74, 6) is 1.37. The van der Waals surface area contributed by atoms with Crippen molar-refractivity contribution in [3.8, 4) is 0 Å². The summed E-state index contributed by atoms with van der Waals surface area (Å²) in [6.45, 7) is 8.31. The Morgan fingerprint density at radius 1 is 0.530 bits per heavy atom.